The smallest absolute Gasteiger partial charge is 0.234 e. The van der Waals surface area contributed by atoms with Gasteiger partial charge in [0.15, 0.2) is 5.79 Å². The van der Waals surface area contributed by atoms with Crippen molar-refractivity contribution in [3.63, 3.8) is 0 Å². The van der Waals surface area contributed by atoms with Gasteiger partial charge in [-0.15, -0.1) is 0 Å². The third-order valence-corrected chi connectivity index (χ3v) is 10.6. The molecule has 0 unspecified atom stereocenters. The minimum absolute atomic E-state index is 0.00460. The lowest BCUT2D eigenvalue weighted by Gasteiger charge is -2.54. The molecule has 5 aliphatic rings. The first-order chi connectivity index (χ1) is 16.0. The quantitative estimate of drug-likeness (QED) is 0.478. The number of fused-ring (bicyclic) bond motifs is 6. The van der Waals surface area contributed by atoms with Crippen molar-refractivity contribution in [2.24, 2.45) is 46.8 Å². The number of amides is 2. The van der Waals surface area contributed by atoms with Crippen LogP contribution in [0.4, 0.5) is 0 Å². The fourth-order valence-electron chi connectivity index (χ4n) is 9.36. The number of benzene rings is 1. The lowest BCUT2D eigenvalue weighted by molar-refractivity contribution is -0.261. The number of aliphatic hydroxyl groups is 1. The molecule has 182 valence electrons. The number of nitrogens with one attached hydrogen (secondary N) is 1. The van der Waals surface area contributed by atoms with Gasteiger partial charge in [0.1, 0.15) is 0 Å². The van der Waals surface area contributed by atoms with E-state index in [0.29, 0.717) is 12.3 Å². The molecule has 1 aromatic rings. The standard InChI is InChI=1S/C29H37NO4/c1-15-11-17(3)29(33)21-14-28-20(24(21)27(5,13-15)34-29)12-16(2)18(4)23(28)22(25(31)30-26(28)32)19-9-7-6-8-10-19/h6-10,12,15,17-18,20-24,33H,11,13-14H2,1-5H3,(H,30,31,32)/t15-,17+,18-,20-,21+,22+,23+,24-,27+,28+,29-/m1/s1. The van der Waals surface area contributed by atoms with Crippen molar-refractivity contribution in [2.45, 2.75) is 71.2 Å². The van der Waals surface area contributed by atoms with Crippen molar-refractivity contribution in [3.8, 4) is 0 Å². The van der Waals surface area contributed by atoms with Crippen molar-refractivity contribution >= 4 is 11.8 Å². The van der Waals surface area contributed by atoms with Gasteiger partial charge in [0, 0.05) is 17.8 Å². The van der Waals surface area contributed by atoms with Crippen molar-refractivity contribution in [3.05, 3.63) is 47.5 Å². The Kier molecular flexibility index (Phi) is 4.65. The summed E-state index contributed by atoms with van der Waals surface area (Å²) in [5.41, 5.74) is 0.985. The number of ether oxygens (including phenoxy) is 1. The van der Waals surface area contributed by atoms with Gasteiger partial charge >= 0.3 is 0 Å². The molecule has 4 fully saturated rings. The van der Waals surface area contributed by atoms with E-state index in [4.69, 9.17) is 4.74 Å². The number of rotatable bonds is 1. The predicted molar refractivity (Wildman–Crippen MR) is 128 cm³/mol. The maximum atomic E-state index is 14.0. The highest BCUT2D eigenvalue weighted by Gasteiger charge is 2.77. The topological polar surface area (TPSA) is 75.6 Å². The van der Waals surface area contributed by atoms with Gasteiger partial charge in [-0.25, -0.2) is 0 Å². The Balaban J connectivity index is 1.56. The molecule has 5 nitrogen and oxygen atoms in total. The highest BCUT2D eigenvalue weighted by atomic mass is 16.6. The number of allylic oxidation sites excluding steroid dienone is 2. The Hall–Kier alpha value is -1.98. The van der Waals surface area contributed by atoms with Crippen molar-refractivity contribution in [1.82, 2.24) is 5.32 Å². The fraction of sp³-hybridized carbons (Fsp3) is 0.655. The van der Waals surface area contributed by atoms with E-state index >= 15 is 0 Å². The second kappa shape index (κ2) is 7.04. The number of hydrogen-bond acceptors (Lipinski definition) is 4. The molecule has 0 aromatic heterocycles. The summed E-state index contributed by atoms with van der Waals surface area (Å²) in [7, 11) is 0. The highest BCUT2D eigenvalue weighted by Crippen LogP contribution is 2.72. The summed E-state index contributed by atoms with van der Waals surface area (Å²) >= 11 is 0. The van der Waals surface area contributed by atoms with Gasteiger partial charge in [0.25, 0.3) is 0 Å². The first-order valence-electron chi connectivity index (χ1n) is 13.0. The zero-order valence-corrected chi connectivity index (χ0v) is 20.9. The number of carbonyl (C=O) groups is 2. The van der Waals surface area contributed by atoms with Crippen LogP contribution in [-0.4, -0.2) is 28.3 Å². The van der Waals surface area contributed by atoms with Crippen LogP contribution in [-0.2, 0) is 14.3 Å². The molecule has 2 N–H and O–H groups in total. The van der Waals surface area contributed by atoms with E-state index in [2.05, 4.69) is 46.0 Å². The molecule has 11 atom stereocenters. The molecule has 2 aliphatic carbocycles. The molecule has 5 heteroatoms. The van der Waals surface area contributed by atoms with Gasteiger partial charge in [-0.3, -0.25) is 14.9 Å². The normalized spacial score (nSPS) is 51.6. The number of carbonyl (C=O) groups excluding carboxylic acids is 2. The summed E-state index contributed by atoms with van der Waals surface area (Å²) in [5, 5.41) is 14.9. The average molecular weight is 464 g/mol. The lowest BCUT2D eigenvalue weighted by atomic mass is 9.50. The molecule has 2 amide bonds. The van der Waals surface area contributed by atoms with E-state index < -0.39 is 16.8 Å². The maximum absolute atomic E-state index is 14.0. The van der Waals surface area contributed by atoms with E-state index in [1.165, 1.54) is 5.57 Å². The molecule has 3 aliphatic heterocycles. The second-order valence-electron chi connectivity index (χ2n) is 12.4. The predicted octanol–water partition coefficient (Wildman–Crippen LogP) is 4.42. The Morgan fingerprint density at radius 2 is 1.76 bits per heavy atom. The van der Waals surface area contributed by atoms with Crippen LogP contribution in [0.2, 0.25) is 0 Å². The molecule has 3 heterocycles. The van der Waals surface area contributed by atoms with Crippen LogP contribution in [0, 0.1) is 46.8 Å². The lowest BCUT2D eigenvalue weighted by Crippen LogP contribution is -2.63. The Morgan fingerprint density at radius 3 is 2.47 bits per heavy atom. The Labute approximate surface area is 202 Å². The zero-order chi connectivity index (χ0) is 24.2. The molecule has 1 saturated carbocycles. The summed E-state index contributed by atoms with van der Waals surface area (Å²) < 4.78 is 6.63. The summed E-state index contributed by atoms with van der Waals surface area (Å²) in [5.74, 6) is -1.72. The van der Waals surface area contributed by atoms with Crippen molar-refractivity contribution in [2.75, 3.05) is 0 Å². The molecule has 6 rings (SSSR count). The zero-order valence-electron chi connectivity index (χ0n) is 20.9. The third kappa shape index (κ3) is 2.63. The average Bonchev–Trinajstić information content (AvgIpc) is 3.19. The monoisotopic (exact) mass is 463 g/mol. The molecular weight excluding hydrogens is 426 g/mol. The van der Waals surface area contributed by atoms with Gasteiger partial charge in [-0.1, -0.05) is 62.8 Å². The maximum Gasteiger partial charge on any atom is 0.234 e. The van der Waals surface area contributed by atoms with Gasteiger partial charge in [0.05, 0.1) is 16.9 Å². The summed E-state index contributed by atoms with van der Waals surface area (Å²) in [6.07, 6.45) is 4.67. The third-order valence-electron chi connectivity index (χ3n) is 10.6. The number of hydrogen-bond donors (Lipinski definition) is 2. The molecule has 1 spiro atoms. The summed E-state index contributed by atoms with van der Waals surface area (Å²) in [6.45, 7) is 10.8. The fourth-order valence-corrected chi connectivity index (χ4v) is 9.36. The SMILES string of the molecule is CC1=C[C@@H]2[C@@H]3[C@H](C[C@]24C(=O)NC(=O)[C@@H](c2ccccc2)[C@@H]4[C@@H]1C)[C@]1(O)O[C@@]3(C)C[C@H](C)C[C@@H]1C. The van der Waals surface area contributed by atoms with Crippen molar-refractivity contribution < 1.29 is 19.4 Å². The first kappa shape index (κ1) is 22.5. The number of imide groups is 1. The summed E-state index contributed by atoms with van der Waals surface area (Å²) in [4.78, 5) is 27.4. The van der Waals surface area contributed by atoms with Crippen LogP contribution in [0.3, 0.4) is 0 Å². The van der Waals surface area contributed by atoms with Gasteiger partial charge in [0.2, 0.25) is 11.8 Å². The molecular formula is C29H37NO4. The Bertz CT molecular complexity index is 1080. The molecule has 3 saturated heterocycles. The van der Waals surface area contributed by atoms with Crippen LogP contribution >= 0.6 is 0 Å². The van der Waals surface area contributed by atoms with Crippen LogP contribution in [0.25, 0.3) is 0 Å². The Morgan fingerprint density at radius 1 is 1.06 bits per heavy atom. The van der Waals surface area contributed by atoms with Crippen LogP contribution in [0.15, 0.2) is 42.0 Å². The molecule has 1 aromatic carbocycles. The second-order valence-corrected chi connectivity index (χ2v) is 12.4. The number of piperidine rings is 1. The van der Waals surface area contributed by atoms with Gasteiger partial charge in [-0.05, 0) is 62.3 Å². The van der Waals surface area contributed by atoms with Gasteiger partial charge < -0.3 is 9.84 Å². The molecule has 0 radical (unpaired) electrons. The van der Waals surface area contributed by atoms with E-state index in [1.54, 1.807) is 0 Å². The van der Waals surface area contributed by atoms with Gasteiger partial charge in [-0.2, -0.15) is 0 Å². The molecule has 2 bridgehead atoms. The van der Waals surface area contributed by atoms with E-state index in [9.17, 15) is 14.7 Å². The highest BCUT2D eigenvalue weighted by molar-refractivity contribution is 6.05. The minimum atomic E-state index is -1.24. The largest absolute Gasteiger partial charge is 0.365 e. The van der Waals surface area contributed by atoms with E-state index in [1.807, 2.05) is 30.3 Å². The van der Waals surface area contributed by atoms with Crippen molar-refractivity contribution in [1.29, 1.82) is 0 Å². The van der Waals surface area contributed by atoms with E-state index in [-0.39, 0.29) is 53.2 Å². The van der Waals surface area contributed by atoms with Crippen LogP contribution in [0.5, 0.6) is 0 Å². The van der Waals surface area contributed by atoms with E-state index in [0.717, 1.165) is 18.4 Å². The first-order valence-corrected chi connectivity index (χ1v) is 13.0. The van der Waals surface area contributed by atoms with Crippen LogP contribution in [0.1, 0.15) is 65.4 Å². The van der Waals surface area contributed by atoms with Crippen LogP contribution < -0.4 is 5.32 Å². The molecule has 34 heavy (non-hydrogen) atoms. The summed E-state index contributed by atoms with van der Waals surface area (Å²) in [6, 6.07) is 9.93. The minimum Gasteiger partial charge on any atom is -0.365 e.